The van der Waals surface area contributed by atoms with Crippen LogP contribution < -0.4 is 19.7 Å². The molecule has 146 valence electrons. The first kappa shape index (κ1) is 21.4. The first-order valence-corrected chi connectivity index (χ1v) is 9.36. The summed E-state index contributed by atoms with van der Waals surface area (Å²) >= 11 is 12.1. The maximum absolute atomic E-state index is 12.4. The lowest BCUT2D eigenvalue weighted by molar-refractivity contribution is -0.885. The number of likely N-dealkylation sites (N-methyl/N-ethyl adjacent to an activating group) is 1. The topological polar surface area (TPSA) is 52.0 Å². The lowest BCUT2D eigenvalue weighted by Crippen LogP contribution is -3.08. The van der Waals surface area contributed by atoms with Crippen LogP contribution in [-0.4, -0.2) is 33.7 Å². The fourth-order valence-electron chi connectivity index (χ4n) is 2.88. The monoisotopic (exact) mass is 411 g/mol. The molecule has 0 aromatic heterocycles. The van der Waals surface area contributed by atoms with E-state index >= 15 is 0 Å². The Morgan fingerprint density at radius 1 is 1.15 bits per heavy atom. The number of rotatable bonds is 8. The Labute approximate surface area is 170 Å². The summed E-state index contributed by atoms with van der Waals surface area (Å²) in [5.74, 6) is 1.42. The second kappa shape index (κ2) is 9.83. The SMILES string of the molecule is COc1ccc(C[NH+](C)CC(=O)N[C@H](C)c2ccc(Cl)cc2Cl)c(OC)c1. The summed E-state index contributed by atoms with van der Waals surface area (Å²) in [5.41, 5.74) is 1.85. The highest BCUT2D eigenvalue weighted by atomic mass is 35.5. The number of amides is 1. The van der Waals surface area contributed by atoms with Crippen molar-refractivity contribution in [3.05, 3.63) is 57.6 Å². The van der Waals surface area contributed by atoms with E-state index in [0.29, 0.717) is 23.1 Å². The van der Waals surface area contributed by atoms with Gasteiger partial charge in [0.05, 0.1) is 27.3 Å². The molecule has 1 amide bonds. The van der Waals surface area contributed by atoms with Crippen molar-refractivity contribution in [2.45, 2.75) is 19.5 Å². The number of methoxy groups -OCH3 is 2. The van der Waals surface area contributed by atoms with Gasteiger partial charge in [-0.25, -0.2) is 0 Å². The number of hydrogen-bond acceptors (Lipinski definition) is 3. The van der Waals surface area contributed by atoms with E-state index in [2.05, 4.69) is 5.32 Å². The van der Waals surface area contributed by atoms with E-state index in [1.807, 2.05) is 38.2 Å². The number of hydrogen-bond donors (Lipinski definition) is 2. The normalized spacial score (nSPS) is 13.0. The van der Waals surface area contributed by atoms with Crippen LogP contribution in [0.4, 0.5) is 0 Å². The van der Waals surface area contributed by atoms with Gasteiger partial charge in [0.15, 0.2) is 6.54 Å². The molecule has 0 bridgehead atoms. The molecular formula is C20H25Cl2N2O3+. The first-order valence-electron chi connectivity index (χ1n) is 8.60. The van der Waals surface area contributed by atoms with Crippen molar-refractivity contribution in [2.24, 2.45) is 0 Å². The molecule has 0 aliphatic rings. The predicted octanol–water partition coefficient (Wildman–Crippen LogP) is 2.90. The molecule has 0 heterocycles. The highest BCUT2D eigenvalue weighted by Crippen LogP contribution is 2.26. The Bertz CT molecular complexity index is 799. The molecule has 0 spiro atoms. The molecule has 2 aromatic rings. The van der Waals surface area contributed by atoms with Gasteiger partial charge in [-0.3, -0.25) is 4.79 Å². The van der Waals surface area contributed by atoms with E-state index < -0.39 is 0 Å². The molecule has 2 aromatic carbocycles. The maximum Gasteiger partial charge on any atom is 0.275 e. The van der Waals surface area contributed by atoms with Crippen LogP contribution in [0.15, 0.2) is 36.4 Å². The van der Waals surface area contributed by atoms with E-state index in [0.717, 1.165) is 27.5 Å². The van der Waals surface area contributed by atoms with Gasteiger partial charge < -0.3 is 19.7 Å². The van der Waals surface area contributed by atoms with E-state index in [4.69, 9.17) is 32.7 Å². The third kappa shape index (κ3) is 6.03. The van der Waals surface area contributed by atoms with Gasteiger partial charge in [-0.1, -0.05) is 29.3 Å². The quantitative estimate of drug-likeness (QED) is 0.701. The van der Waals surface area contributed by atoms with E-state index in [9.17, 15) is 4.79 Å². The Kier molecular flexibility index (Phi) is 7.78. The van der Waals surface area contributed by atoms with Crippen molar-refractivity contribution >= 4 is 29.1 Å². The summed E-state index contributed by atoms with van der Waals surface area (Å²) in [6.45, 7) is 2.87. The average molecular weight is 412 g/mol. The molecular weight excluding hydrogens is 387 g/mol. The highest BCUT2D eigenvalue weighted by molar-refractivity contribution is 6.35. The molecule has 0 aliphatic carbocycles. The Morgan fingerprint density at radius 2 is 1.89 bits per heavy atom. The van der Waals surface area contributed by atoms with Gasteiger partial charge >= 0.3 is 0 Å². The number of carbonyl (C=O) groups is 1. The maximum atomic E-state index is 12.4. The van der Waals surface area contributed by atoms with Crippen LogP contribution in [0.2, 0.25) is 10.0 Å². The fourth-order valence-corrected chi connectivity index (χ4v) is 3.45. The van der Waals surface area contributed by atoms with Gasteiger partial charge in [0.1, 0.15) is 18.0 Å². The Hall–Kier alpha value is -1.95. The molecule has 2 atom stereocenters. The molecule has 0 fully saturated rings. The van der Waals surface area contributed by atoms with E-state index in [-0.39, 0.29) is 11.9 Å². The van der Waals surface area contributed by atoms with Gasteiger partial charge in [-0.05, 0) is 36.8 Å². The summed E-state index contributed by atoms with van der Waals surface area (Å²) in [6.07, 6.45) is 0. The molecule has 27 heavy (non-hydrogen) atoms. The molecule has 7 heteroatoms. The smallest absolute Gasteiger partial charge is 0.275 e. The van der Waals surface area contributed by atoms with Crippen LogP contribution in [0.3, 0.4) is 0 Å². The van der Waals surface area contributed by atoms with Crippen molar-refractivity contribution in [2.75, 3.05) is 27.8 Å². The molecule has 1 unspecified atom stereocenters. The first-order chi connectivity index (χ1) is 12.8. The summed E-state index contributed by atoms with van der Waals surface area (Å²) in [7, 11) is 5.20. The molecule has 0 saturated heterocycles. The zero-order valence-electron chi connectivity index (χ0n) is 15.9. The minimum Gasteiger partial charge on any atom is -0.497 e. The number of benzene rings is 2. The zero-order chi connectivity index (χ0) is 20.0. The minimum absolute atomic E-state index is 0.0569. The van der Waals surface area contributed by atoms with Crippen molar-refractivity contribution in [3.63, 3.8) is 0 Å². The van der Waals surface area contributed by atoms with Crippen LogP contribution in [0.1, 0.15) is 24.1 Å². The lowest BCUT2D eigenvalue weighted by Gasteiger charge is -2.19. The van der Waals surface area contributed by atoms with E-state index in [1.165, 1.54) is 0 Å². The van der Waals surface area contributed by atoms with Crippen LogP contribution >= 0.6 is 23.2 Å². The summed E-state index contributed by atoms with van der Waals surface area (Å²) in [4.78, 5) is 13.4. The van der Waals surface area contributed by atoms with Gasteiger partial charge in [0.2, 0.25) is 0 Å². The molecule has 0 saturated carbocycles. The minimum atomic E-state index is -0.203. The second-order valence-corrected chi connectivity index (χ2v) is 7.29. The summed E-state index contributed by atoms with van der Waals surface area (Å²) in [5, 5.41) is 4.09. The van der Waals surface area contributed by atoms with Crippen LogP contribution in [0, 0.1) is 0 Å². The lowest BCUT2D eigenvalue weighted by atomic mass is 10.1. The number of halogens is 2. The summed E-state index contributed by atoms with van der Waals surface area (Å²) in [6, 6.07) is 10.7. The average Bonchev–Trinajstić information content (AvgIpc) is 2.61. The number of quaternary nitrogens is 1. The van der Waals surface area contributed by atoms with Crippen LogP contribution in [0.25, 0.3) is 0 Å². The Morgan fingerprint density at radius 3 is 2.52 bits per heavy atom. The standard InChI is InChI=1S/C20H24Cl2N2O3/c1-13(17-8-6-15(21)9-18(17)22)23-20(25)12-24(2)11-14-5-7-16(26-3)10-19(14)27-4/h5-10,13H,11-12H2,1-4H3,(H,23,25)/p+1/t13-/m1/s1. The third-order valence-electron chi connectivity index (χ3n) is 4.26. The molecule has 5 nitrogen and oxygen atoms in total. The van der Waals surface area contributed by atoms with Gasteiger partial charge in [0.25, 0.3) is 5.91 Å². The van der Waals surface area contributed by atoms with Gasteiger partial charge in [-0.2, -0.15) is 0 Å². The van der Waals surface area contributed by atoms with Crippen molar-refractivity contribution in [3.8, 4) is 11.5 Å². The van der Waals surface area contributed by atoms with Crippen molar-refractivity contribution in [1.29, 1.82) is 0 Å². The van der Waals surface area contributed by atoms with Crippen molar-refractivity contribution in [1.82, 2.24) is 5.32 Å². The van der Waals surface area contributed by atoms with Gasteiger partial charge in [-0.15, -0.1) is 0 Å². The number of carbonyl (C=O) groups excluding carboxylic acids is 1. The number of nitrogens with one attached hydrogen (secondary N) is 2. The molecule has 2 N–H and O–H groups in total. The predicted molar refractivity (Wildman–Crippen MR) is 108 cm³/mol. The highest BCUT2D eigenvalue weighted by Gasteiger charge is 2.17. The molecule has 2 rings (SSSR count). The van der Waals surface area contributed by atoms with Crippen molar-refractivity contribution < 1.29 is 19.2 Å². The van der Waals surface area contributed by atoms with E-state index in [1.54, 1.807) is 26.4 Å². The van der Waals surface area contributed by atoms with Gasteiger partial charge in [0, 0.05) is 21.7 Å². The molecule has 0 aliphatic heterocycles. The zero-order valence-corrected chi connectivity index (χ0v) is 17.4. The summed E-state index contributed by atoms with van der Waals surface area (Å²) < 4.78 is 10.6. The largest absolute Gasteiger partial charge is 0.497 e. The second-order valence-electron chi connectivity index (χ2n) is 6.44. The van der Waals surface area contributed by atoms with Crippen LogP contribution in [0.5, 0.6) is 11.5 Å². The fraction of sp³-hybridized carbons (Fsp3) is 0.350. The van der Waals surface area contributed by atoms with Crippen LogP contribution in [-0.2, 0) is 11.3 Å². The number of ether oxygens (including phenoxy) is 2. The molecule has 0 radical (unpaired) electrons. The third-order valence-corrected chi connectivity index (χ3v) is 4.82. The Balaban J connectivity index is 1.95.